The van der Waals surface area contributed by atoms with Crippen LogP contribution >= 0.6 is 11.6 Å². The second kappa shape index (κ2) is 2.56. The van der Waals surface area contributed by atoms with Gasteiger partial charge in [-0.25, -0.2) is 0 Å². The van der Waals surface area contributed by atoms with E-state index in [1.165, 1.54) is 5.57 Å². The number of hydrogen-bond donors (Lipinski definition) is 0. The first kappa shape index (κ1) is 7.23. The number of fused-ring (bicyclic) bond motifs is 1. The summed E-state index contributed by atoms with van der Waals surface area (Å²) >= 11 is 5.95. The smallest absolute Gasteiger partial charge is 0.118 e. The number of allylic oxidation sites excluding steroid dienone is 3. The van der Waals surface area contributed by atoms with Crippen molar-refractivity contribution in [2.24, 2.45) is 0 Å². The highest BCUT2D eigenvalue weighted by atomic mass is 35.5. The van der Waals surface area contributed by atoms with Gasteiger partial charge in [0, 0.05) is 6.42 Å². The second-order valence-corrected chi connectivity index (χ2v) is 3.71. The van der Waals surface area contributed by atoms with Gasteiger partial charge in [0.15, 0.2) is 0 Å². The molecular formula is C9H11ClO. The van der Waals surface area contributed by atoms with Crippen molar-refractivity contribution in [3.05, 3.63) is 23.5 Å². The molecule has 11 heavy (non-hydrogen) atoms. The van der Waals surface area contributed by atoms with Crippen molar-refractivity contribution < 1.29 is 4.74 Å². The Kier molecular flexibility index (Phi) is 1.68. The maximum Gasteiger partial charge on any atom is 0.118 e. The first-order valence-electron chi connectivity index (χ1n) is 3.97. The van der Waals surface area contributed by atoms with Crippen molar-refractivity contribution in [2.75, 3.05) is 0 Å². The van der Waals surface area contributed by atoms with Crippen molar-refractivity contribution in [1.82, 2.24) is 0 Å². The molecule has 2 rings (SSSR count). The Morgan fingerprint density at radius 3 is 3.27 bits per heavy atom. The monoisotopic (exact) mass is 170 g/mol. The van der Waals surface area contributed by atoms with Gasteiger partial charge in [-0.15, -0.1) is 11.6 Å². The standard InChI is InChI=1S/C9H11ClO/c1-6-4-7-5-8(10)2-3-9(7)11-6/h3,5-6,8H,2,4H2,1H3/t6-,8?/m1/s1. The minimum atomic E-state index is 0.183. The predicted molar refractivity (Wildman–Crippen MR) is 45.6 cm³/mol. The molecule has 0 aromatic heterocycles. The topological polar surface area (TPSA) is 9.23 Å². The molecule has 1 aliphatic heterocycles. The van der Waals surface area contributed by atoms with E-state index >= 15 is 0 Å². The van der Waals surface area contributed by atoms with Crippen LogP contribution in [0.1, 0.15) is 19.8 Å². The van der Waals surface area contributed by atoms with Gasteiger partial charge in [-0.2, -0.15) is 0 Å². The number of rotatable bonds is 0. The van der Waals surface area contributed by atoms with Gasteiger partial charge in [-0.1, -0.05) is 6.08 Å². The Morgan fingerprint density at radius 1 is 1.64 bits per heavy atom. The molecule has 1 aliphatic carbocycles. The molecule has 0 aromatic carbocycles. The Bertz CT molecular complexity index is 230. The lowest BCUT2D eigenvalue weighted by atomic mass is 10.0. The fourth-order valence-electron chi connectivity index (χ4n) is 1.58. The van der Waals surface area contributed by atoms with E-state index in [0.29, 0.717) is 6.10 Å². The van der Waals surface area contributed by atoms with Crippen LogP contribution in [0.25, 0.3) is 0 Å². The molecule has 0 spiro atoms. The van der Waals surface area contributed by atoms with E-state index in [-0.39, 0.29) is 5.38 Å². The van der Waals surface area contributed by atoms with Gasteiger partial charge in [0.2, 0.25) is 0 Å². The second-order valence-electron chi connectivity index (χ2n) is 3.14. The summed E-state index contributed by atoms with van der Waals surface area (Å²) in [5.74, 6) is 1.06. The van der Waals surface area contributed by atoms with Gasteiger partial charge in [0.1, 0.15) is 11.9 Å². The Labute approximate surface area is 71.7 Å². The average Bonchev–Trinajstić information content (AvgIpc) is 2.27. The molecule has 1 unspecified atom stereocenters. The third-order valence-electron chi connectivity index (χ3n) is 2.06. The summed E-state index contributed by atoms with van der Waals surface area (Å²) in [6.07, 6.45) is 6.48. The molecule has 60 valence electrons. The molecule has 1 heterocycles. The largest absolute Gasteiger partial charge is 0.490 e. The fraction of sp³-hybridized carbons (Fsp3) is 0.556. The maximum atomic E-state index is 5.95. The SMILES string of the molecule is C[C@@H]1CC2=CC(Cl)CC=C2O1. The lowest BCUT2D eigenvalue weighted by Gasteiger charge is -2.10. The van der Waals surface area contributed by atoms with E-state index in [1.54, 1.807) is 0 Å². The molecule has 0 aromatic rings. The summed E-state index contributed by atoms with van der Waals surface area (Å²) in [7, 11) is 0. The molecule has 2 aliphatic rings. The average molecular weight is 171 g/mol. The molecular weight excluding hydrogens is 160 g/mol. The predicted octanol–water partition coefficient (Wildman–Crippen LogP) is 2.62. The normalized spacial score (nSPS) is 35.5. The Balaban J connectivity index is 2.24. The molecule has 0 amide bonds. The van der Waals surface area contributed by atoms with Crippen molar-refractivity contribution in [3.8, 4) is 0 Å². The molecule has 1 nitrogen and oxygen atoms in total. The zero-order chi connectivity index (χ0) is 7.84. The molecule has 0 N–H and O–H groups in total. The zero-order valence-corrected chi connectivity index (χ0v) is 7.27. The van der Waals surface area contributed by atoms with Crippen molar-refractivity contribution >= 4 is 11.6 Å². The maximum absolute atomic E-state index is 5.95. The zero-order valence-electron chi connectivity index (χ0n) is 6.51. The van der Waals surface area contributed by atoms with Gasteiger partial charge in [0.25, 0.3) is 0 Å². The van der Waals surface area contributed by atoms with Gasteiger partial charge < -0.3 is 4.74 Å². The molecule has 2 atom stereocenters. The van der Waals surface area contributed by atoms with E-state index in [4.69, 9.17) is 16.3 Å². The summed E-state index contributed by atoms with van der Waals surface area (Å²) in [5, 5.41) is 0.183. The summed E-state index contributed by atoms with van der Waals surface area (Å²) in [6.45, 7) is 2.09. The molecule has 1 fully saturated rings. The number of alkyl halides is 1. The van der Waals surface area contributed by atoms with Crippen LogP contribution in [-0.4, -0.2) is 11.5 Å². The van der Waals surface area contributed by atoms with E-state index in [0.717, 1.165) is 18.6 Å². The van der Waals surface area contributed by atoms with Crippen LogP contribution in [0.5, 0.6) is 0 Å². The summed E-state index contributed by atoms with van der Waals surface area (Å²) in [6, 6.07) is 0. The Hall–Kier alpha value is -0.430. The fourth-order valence-corrected chi connectivity index (χ4v) is 1.82. The minimum absolute atomic E-state index is 0.183. The Morgan fingerprint density at radius 2 is 2.45 bits per heavy atom. The number of ether oxygens (including phenoxy) is 1. The van der Waals surface area contributed by atoms with E-state index in [2.05, 4.69) is 19.1 Å². The van der Waals surface area contributed by atoms with Crippen LogP contribution in [-0.2, 0) is 4.74 Å². The van der Waals surface area contributed by atoms with Crippen molar-refractivity contribution in [3.63, 3.8) is 0 Å². The van der Waals surface area contributed by atoms with Gasteiger partial charge in [-0.3, -0.25) is 0 Å². The van der Waals surface area contributed by atoms with Crippen LogP contribution < -0.4 is 0 Å². The molecule has 2 heteroatoms. The summed E-state index contributed by atoms with van der Waals surface area (Å²) in [4.78, 5) is 0. The lowest BCUT2D eigenvalue weighted by Crippen LogP contribution is -1.99. The van der Waals surface area contributed by atoms with Crippen molar-refractivity contribution in [1.29, 1.82) is 0 Å². The van der Waals surface area contributed by atoms with Gasteiger partial charge in [0.05, 0.1) is 5.38 Å². The van der Waals surface area contributed by atoms with Crippen LogP contribution in [0, 0.1) is 0 Å². The third-order valence-corrected chi connectivity index (χ3v) is 2.37. The first-order chi connectivity index (χ1) is 5.25. The minimum Gasteiger partial charge on any atom is -0.490 e. The van der Waals surface area contributed by atoms with Crippen LogP contribution in [0.2, 0.25) is 0 Å². The van der Waals surface area contributed by atoms with Crippen LogP contribution in [0.4, 0.5) is 0 Å². The third kappa shape index (κ3) is 1.30. The molecule has 0 saturated carbocycles. The van der Waals surface area contributed by atoms with E-state index in [1.807, 2.05) is 0 Å². The molecule has 0 radical (unpaired) electrons. The highest BCUT2D eigenvalue weighted by Gasteiger charge is 2.24. The quantitative estimate of drug-likeness (QED) is 0.508. The highest BCUT2D eigenvalue weighted by Crippen LogP contribution is 2.33. The summed E-state index contributed by atoms with van der Waals surface area (Å²) in [5.41, 5.74) is 1.30. The van der Waals surface area contributed by atoms with Crippen LogP contribution in [0.3, 0.4) is 0 Å². The molecule has 1 saturated heterocycles. The van der Waals surface area contributed by atoms with Gasteiger partial charge >= 0.3 is 0 Å². The first-order valence-corrected chi connectivity index (χ1v) is 4.41. The van der Waals surface area contributed by atoms with Crippen molar-refractivity contribution in [2.45, 2.75) is 31.2 Å². The van der Waals surface area contributed by atoms with E-state index in [9.17, 15) is 0 Å². The van der Waals surface area contributed by atoms with Gasteiger partial charge in [-0.05, 0) is 25.0 Å². The number of halogens is 1. The van der Waals surface area contributed by atoms with E-state index < -0.39 is 0 Å². The lowest BCUT2D eigenvalue weighted by molar-refractivity contribution is 0.177. The molecule has 0 bridgehead atoms. The van der Waals surface area contributed by atoms with Crippen LogP contribution in [0.15, 0.2) is 23.5 Å². The summed E-state index contributed by atoms with van der Waals surface area (Å²) < 4.78 is 5.55. The highest BCUT2D eigenvalue weighted by molar-refractivity contribution is 6.22. The number of hydrogen-bond acceptors (Lipinski definition) is 1.